The van der Waals surface area contributed by atoms with Gasteiger partial charge in [-0.2, -0.15) is 0 Å². The van der Waals surface area contributed by atoms with E-state index in [9.17, 15) is 18.3 Å². The van der Waals surface area contributed by atoms with E-state index in [1.54, 1.807) is 23.1 Å². The summed E-state index contributed by atoms with van der Waals surface area (Å²) >= 11 is 0. The molecule has 2 saturated heterocycles. The smallest absolute Gasteiger partial charge is 0.411 e. The number of hydrogen-bond donors (Lipinski definition) is 1. The largest absolute Gasteiger partial charge is 0.438 e. The Hall–Kier alpha value is -2.42. The molecule has 0 bridgehead atoms. The highest BCUT2D eigenvalue weighted by Crippen LogP contribution is 2.42. The summed E-state index contributed by atoms with van der Waals surface area (Å²) in [6.45, 7) is 7.12. The van der Waals surface area contributed by atoms with Gasteiger partial charge < -0.3 is 14.7 Å². The summed E-state index contributed by atoms with van der Waals surface area (Å²) in [5, 5.41) is 10.6. The Labute approximate surface area is 215 Å². The Kier molecular flexibility index (Phi) is 7.51. The van der Waals surface area contributed by atoms with E-state index in [4.69, 9.17) is 4.74 Å². The lowest BCUT2D eigenvalue weighted by Gasteiger charge is -2.45. The summed E-state index contributed by atoms with van der Waals surface area (Å²) in [7, 11) is -3.13. The second kappa shape index (κ2) is 10.1. The second-order valence-electron chi connectivity index (χ2n) is 10.9. The maximum atomic E-state index is 13.3. The molecule has 196 valence electrons. The highest BCUT2D eigenvalue weighted by molar-refractivity contribution is 7.88. The number of ether oxygens (including phenoxy) is 1. The minimum atomic E-state index is -3.13. The van der Waals surface area contributed by atoms with Gasteiger partial charge in [-0.1, -0.05) is 54.6 Å². The van der Waals surface area contributed by atoms with E-state index in [1.165, 1.54) is 11.8 Å². The van der Waals surface area contributed by atoms with Gasteiger partial charge >= 0.3 is 6.09 Å². The molecule has 4 rings (SSSR count). The molecule has 7 nitrogen and oxygen atoms in total. The molecule has 0 spiro atoms. The van der Waals surface area contributed by atoms with E-state index in [1.807, 2.05) is 37.3 Å². The highest BCUT2D eigenvalue weighted by atomic mass is 32.2. The Balaban J connectivity index is 1.44. The molecular weight excluding hydrogens is 476 g/mol. The molecule has 0 aliphatic carbocycles. The van der Waals surface area contributed by atoms with Gasteiger partial charge in [0.1, 0.15) is 5.60 Å². The first kappa shape index (κ1) is 26.6. The van der Waals surface area contributed by atoms with Crippen molar-refractivity contribution in [3.05, 3.63) is 71.3 Å². The summed E-state index contributed by atoms with van der Waals surface area (Å²) in [5.74, 6) is 0.334. The van der Waals surface area contributed by atoms with Crippen LogP contribution in [0.25, 0.3) is 0 Å². The van der Waals surface area contributed by atoms with Crippen molar-refractivity contribution in [1.82, 2.24) is 9.21 Å². The molecule has 0 unspecified atom stereocenters. The number of carbonyl (C=O) groups is 1. The van der Waals surface area contributed by atoms with E-state index in [2.05, 4.69) is 24.3 Å². The van der Waals surface area contributed by atoms with Crippen LogP contribution >= 0.6 is 0 Å². The van der Waals surface area contributed by atoms with Crippen LogP contribution in [0, 0.1) is 0 Å². The van der Waals surface area contributed by atoms with Crippen LogP contribution in [-0.2, 0) is 20.4 Å². The normalized spacial score (nSPS) is 23.4. The van der Waals surface area contributed by atoms with E-state index in [0.717, 1.165) is 24.0 Å². The average Bonchev–Trinajstić information content (AvgIpc) is 2.83. The van der Waals surface area contributed by atoms with Crippen LogP contribution in [0.4, 0.5) is 4.79 Å². The van der Waals surface area contributed by atoms with Crippen LogP contribution in [0.2, 0.25) is 0 Å². The average molecular weight is 515 g/mol. The van der Waals surface area contributed by atoms with Gasteiger partial charge in [0.25, 0.3) is 0 Å². The van der Waals surface area contributed by atoms with Crippen molar-refractivity contribution in [1.29, 1.82) is 0 Å². The van der Waals surface area contributed by atoms with Crippen LogP contribution in [0.3, 0.4) is 0 Å². The summed E-state index contributed by atoms with van der Waals surface area (Å²) < 4.78 is 31.2. The first-order valence-corrected chi connectivity index (χ1v) is 14.6. The van der Waals surface area contributed by atoms with Crippen molar-refractivity contribution < 1.29 is 23.1 Å². The number of cyclic esters (lactones) is 1. The van der Waals surface area contributed by atoms with Gasteiger partial charge in [0.05, 0.1) is 17.9 Å². The zero-order chi connectivity index (χ0) is 26.1. The van der Waals surface area contributed by atoms with Crippen molar-refractivity contribution in [2.24, 2.45) is 0 Å². The molecule has 1 N–H and O–H groups in total. The minimum absolute atomic E-state index is 0.158. The van der Waals surface area contributed by atoms with Gasteiger partial charge in [-0.3, -0.25) is 0 Å². The minimum Gasteiger partial charge on any atom is -0.438 e. The monoisotopic (exact) mass is 514 g/mol. The van der Waals surface area contributed by atoms with Crippen molar-refractivity contribution >= 4 is 16.1 Å². The van der Waals surface area contributed by atoms with Crippen LogP contribution in [0.15, 0.2) is 54.6 Å². The molecule has 36 heavy (non-hydrogen) atoms. The van der Waals surface area contributed by atoms with Gasteiger partial charge in [0, 0.05) is 32.5 Å². The molecule has 2 aromatic rings. The van der Waals surface area contributed by atoms with Crippen LogP contribution < -0.4 is 0 Å². The van der Waals surface area contributed by atoms with Gasteiger partial charge in [-0.05, 0) is 56.2 Å². The first-order chi connectivity index (χ1) is 16.9. The van der Waals surface area contributed by atoms with Crippen LogP contribution in [0.5, 0.6) is 0 Å². The number of aliphatic hydroxyl groups is 1. The van der Waals surface area contributed by atoms with Crippen molar-refractivity contribution in [3.63, 3.8) is 0 Å². The number of nitrogens with zero attached hydrogens (tertiary/aromatic N) is 2. The first-order valence-electron chi connectivity index (χ1n) is 12.7. The summed E-state index contributed by atoms with van der Waals surface area (Å²) in [4.78, 5) is 15.0. The zero-order valence-corrected chi connectivity index (χ0v) is 22.5. The number of benzene rings is 2. The lowest BCUT2D eigenvalue weighted by Crippen LogP contribution is -2.51. The lowest BCUT2D eigenvalue weighted by molar-refractivity contribution is -0.101. The molecule has 2 heterocycles. The van der Waals surface area contributed by atoms with E-state index < -0.39 is 21.2 Å². The van der Waals surface area contributed by atoms with Crippen molar-refractivity contribution in [3.8, 4) is 0 Å². The van der Waals surface area contributed by atoms with E-state index in [0.29, 0.717) is 38.4 Å². The fourth-order valence-electron chi connectivity index (χ4n) is 5.64. The SMILES string of the molecule is C[C@@H](c1ccc(C2CCN(S(C)(=O)=O)CC2)cc1)N1CC[C@](CC(C)(C)O)(c2ccccc2)OC1=O. The molecular formula is C28H38N2O5S. The Morgan fingerprint density at radius 3 is 2.19 bits per heavy atom. The number of rotatable bonds is 7. The van der Waals surface area contributed by atoms with Gasteiger partial charge in [-0.25, -0.2) is 17.5 Å². The lowest BCUT2D eigenvalue weighted by atomic mass is 9.80. The van der Waals surface area contributed by atoms with Crippen LogP contribution in [0.1, 0.15) is 75.1 Å². The number of piperidine rings is 1. The molecule has 2 fully saturated rings. The predicted octanol–water partition coefficient (Wildman–Crippen LogP) is 4.79. The maximum Gasteiger partial charge on any atom is 0.411 e. The number of carbonyl (C=O) groups excluding carboxylic acids is 1. The van der Waals surface area contributed by atoms with Gasteiger partial charge in [-0.15, -0.1) is 0 Å². The molecule has 0 radical (unpaired) electrons. The molecule has 2 aromatic carbocycles. The van der Waals surface area contributed by atoms with Crippen LogP contribution in [-0.4, -0.2) is 60.3 Å². The predicted molar refractivity (Wildman–Crippen MR) is 140 cm³/mol. The summed E-state index contributed by atoms with van der Waals surface area (Å²) in [6, 6.07) is 17.9. The van der Waals surface area contributed by atoms with Gasteiger partial charge in [0.2, 0.25) is 10.0 Å². The maximum absolute atomic E-state index is 13.3. The van der Waals surface area contributed by atoms with Crippen molar-refractivity contribution in [2.45, 2.75) is 69.6 Å². The Morgan fingerprint density at radius 1 is 1.06 bits per heavy atom. The fraction of sp³-hybridized carbons (Fsp3) is 0.536. The number of sulfonamides is 1. The number of amides is 1. The Bertz CT molecular complexity index is 1150. The molecule has 1 amide bonds. The Morgan fingerprint density at radius 2 is 1.67 bits per heavy atom. The molecule has 2 aliphatic heterocycles. The molecule has 2 aliphatic rings. The quantitative estimate of drug-likeness (QED) is 0.574. The molecule has 0 aromatic heterocycles. The summed E-state index contributed by atoms with van der Waals surface area (Å²) in [5.41, 5.74) is 1.28. The molecule has 2 atom stereocenters. The second-order valence-corrected chi connectivity index (χ2v) is 12.9. The zero-order valence-electron chi connectivity index (χ0n) is 21.7. The fourth-order valence-corrected chi connectivity index (χ4v) is 6.51. The number of hydrogen-bond acceptors (Lipinski definition) is 5. The third-order valence-corrected chi connectivity index (χ3v) is 8.88. The highest BCUT2D eigenvalue weighted by Gasteiger charge is 2.46. The van der Waals surface area contributed by atoms with E-state index >= 15 is 0 Å². The molecule has 0 saturated carbocycles. The van der Waals surface area contributed by atoms with Gasteiger partial charge in [0.15, 0.2) is 0 Å². The standard InChI is InChI=1S/C28H38N2O5S/c1-21(22-10-12-23(13-11-22)24-14-17-29(18-15-24)36(4,33)34)30-19-16-28(35-26(30)31,20-27(2,3)32)25-8-6-5-7-9-25/h5-13,21,24,32H,14-20H2,1-4H3/t21-,28-/m0/s1. The third-order valence-electron chi connectivity index (χ3n) is 7.57. The third kappa shape index (κ3) is 5.93. The van der Waals surface area contributed by atoms with Crippen molar-refractivity contribution in [2.75, 3.05) is 25.9 Å². The topological polar surface area (TPSA) is 87.2 Å². The molecule has 8 heteroatoms. The van der Waals surface area contributed by atoms with E-state index in [-0.39, 0.29) is 12.1 Å². The summed E-state index contributed by atoms with van der Waals surface area (Å²) in [6.07, 6.45) is 3.42.